The second-order valence-corrected chi connectivity index (χ2v) is 5.89. The lowest BCUT2D eigenvalue weighted by Crippen LogP contribution is -2.44. The molecule has 0 N–H and O–H groups in total. The lowest BCUT2D eigenvalue weighted by Gasteiger charge is -2.45. The molecule has 1 aromatic heterocycles. The molecule has 0 saturated heterocycles. The van der Waals surface area contributed by atoms with Gasteiger partial charge in [-0.25, -0.2) is 0 Å². The molecule has 0 fully saturated rings. The molecule has 0 amide bonds. The number of rotatable bonds is 2. The molecule has 2 aromatic rings. The smallest absolute Gasteiger partial charge is 0.106 e. The standard InChI is InChI=1S/C14H14ClNOS/c15-13-4-2-1-3-11(13)9-16(17)7-5-14-12(10-16)6-8-18-14/h1-4,6,8H,5,7,9-10H2/i1D,2D,3D,4D. The summed E-state index contributed by atoms with van der Waals surface area (Å²) in [6.45, 7) is 0.676. The molecule has 94 valence electrons. The van der Waals surface area contributed by atoms with Gasteiger partial charge in [0.15, 0.2) is 0 Å². The summed E-state index contributed by atoms with van der Waals surface area (Å²) >= 11 is 7.73. The molecule has 0 aliphatic carbocycles. The van der Waals surface area contributed by atoms with Crippen molar-refractivity contribution < 1.29 is 10.1 Å². The van der Waals surface area contributed by atoms with Gasteiger partial charge in [-0.05, 0) is 17.5 Å². The highest BCUT2D eigenvalue weighted by molar-refractivity contribution is 7.10. The second-order valence-electron chi connectivity index (χ2n) is 4.51. The van der Waals surface area contributed by atoms with E-state index in [-0.39, 0.29) is 41.3 Å². The Hall–Kier alpha value is -0.870. The third kappa shape index (κ3) is 2.31. The van der Waals surface area contributed by atoms with Crippen LogP contribution in [0.15, 0.2) is 35.6 Å². The largest absolute Gasteiger partial charge is 0.632 e. The summed E-state index contributed by atoms with van der Waals surface area (Å²) < 4.78 is 30.5. The Morgan fingerprint density at radius 2 is 2.28 bits per heavy atom. The molecule has 1 unspecified atom stereocenters. The van der Waals surface area contributed by atoms with Crippen LogP contribution < -0.4 is 0 Å². The van der Waals surface area contributed by atoms with Crippen LogP contribution in [0, 0.1) is 5.21 Å². The predicted octanol–water partition coefficient (Wildman–Crippen LogP) is 3.97. The number of halogens is 1. The molecule has 3 rings (SSSR count). The van der Waals surface area contributed by atoms with E-state index in [9.17, 15) is 5.21 Å². The highest BCUT2D eigenvalue weighted by Crippen LogP contribution is 2.31. The number of thiophene rings is 1. The van der Waals surface area contributed by atoms with Gasteiger partial charge in [0.1, 0.15) is 13.1 Å². The summed E-state index contributed by atoms with van der Waals surface area (Å²) in [5.74, 6) is 0. The highest BCUT2D eigenvalue weighted by Gasteiger charge is 2.26. The van der Waals surface area contributed by atoms with Gasteiger partial charge in [-0.1, -0.05) is 29.7 Å². The Labute approximate surface area is 121 Å². The molecule has 18 heavy (non-hydrogen) atoms. The number of nitrogens with zero attached hydrogens (tertiary/aromatic N) is 1. The fraction of sp³-hybridized carbons (Fsp3) is 0.286. The molecule has 0 spiro atoms. The average Bonchev–Trinajstić information content (AvgIpc) is 2.94. The average molecular weight is 284 g/mol. The number of hydroxylamine groups is 3. The SMILES string of the molecule is [2H]c1c([2H])c([2H])c(C[N+]2([O-])CCc3sccc3C2)c(Cl)c1[2H]. The molecule has 1 atom stereocenters. The van der Waals surface area contributed by atoms with Gasteiger partial charge in [-0.2, -0.15) is 0 Å². The van der Waals surface area contributed by atoms with Crippen LogP contribution in [0.5, 0.6) is 0 Å². The van der Waals surface area contributed by atoms with Crippen LogP contribution in [0.2, 0.25) is 5.02 Å². The minimum absolute atomic E-state index is 0.0367. The lowest BCUT2D eigenvalue weighted by molar-refractivity contribution is -0.909. The van der Waals surface area contributed by atoms with Gasteiger partial charge >= 0.3 is 0 Å². The van der Waals surface area contributed by atoms with Crippen LogP contribution in [0.4, 0.5) is 0 Å². The van der Waals surface area contributed by atoms with E-state index < -0.39 is 4.65 Å². The van der Waals surface area contributed by atoms with Crippen molar-refractivity contribution in [1.82, 2.24) is 0 Å². The fourth-order valence-corrected chi connectivity index (χ4v) is 3.32. The third-order valence-corrected chi connectivity index (χ3v) is 4.55. The topological polar surface area (TPSA) is 23.1 Å². The molecule has 1 aromatic carbocycles. The van der Waals surface area contributed by atoms with E-state index >= 15 is 0 Å². The van der Waals surface area contributed by atoms with E-state index in [4.69, 9.17) is 17.1 Å². The summed E-state index contributed by atoms with van der Waals surface area (Å²) in [5, 5.41) is 14.9. The maximum atomic E-state index is 13.0. The Balaban J connectivity index is 1.97. The van der Waals surface area contributed by atoms with Crippen LogP contribution in [-0.2, 0) is 19.5 Å². The van der Waals surface area contributed by atoms with Gasteiger partial charge in [0, 0.05) is 27.4 Å². The van der Waals surface area contributed by atoms with Crippen molar-refractivity contribution in [3.05, 3.63) is 61.9 Å². The zero-order chi connectivity index (χ0) is 16.1. The molecule has 2 nitrogen and oxygen atoms in total. The number of hydrogen-bond acceptors (Lipinski definition) is 2. The van der Waals surface area contributed by atoms with Crippen molar-refractivity contribution in [1.29, 1.82) is 0 Å². The lowest BCUT2D eigenvalue weighted by atomic mass is 10.1. The first-order valence-electron chi connectivity index (χ1n) is 7.69. The van der Waals surface area contributed by atoms with Crippen LogP contribution >= 0.6 is 22.9 Å². The first-order valence-corrected chi connectivity index (χ1v) is 6.95. The third-order valence-electron chi connectivity index (χ3n) is 3.20. The Bertz CT molecular complexity index is 722. The molecular weight excluding hydrogens is 266 g/mol. The van der Waals surface area contributed by atoms with Crippen molar-refractivity contribution in [3.8, 4) is 0 Å². The van der Waals surface area contributed by atoms with Crippen LogP contribution in [0.1, 0.15) is 21.5 Å². The zero-order valence-electron chi connectivity index (χ0n) is 13.6. The first kappa shape index (κ1) is 8.33. The Morgan fingerprint density at radius 3 is 3.17 bits per heavy atom. The first-order chi connectivity index (χ1) is 10.3. The fourth-order valence-electron chi connectivity index (χ4n) is 2.28. The van der Waals surface area contributed by atoms with Crippen molar-refractivity contribution in [3.63, 3.8) is 0 Å². The van der Waals surface area contributed by atoms with Gasteiger partial charge in [-0.3, -0.25) is 0 Å². The van der Waals surface area contributed by atoms with E-state index in [2.05, 4.69) is 0 Å². The highest BCUT2D eigenvalue weighted by atomic mass is 35.5. The van der Waals surface area contributed by atoms with Gasteiger partial charge < -0.3 is 9.85 Å². The summed E-state index contributed by atoms with van der Waals surface area (Å²) in [5.41, 5.74) is 1.24. The van der Waals surface area contributed by atoms with E-state index in [1.807, 2.05) is 11.4 Å². The van der Waals surface area contributed by atoms with Crippen molar-refractivity contribution in [2.75, 3.05) is 6.54 Å². The van der Waals surface area contributed by atoms with E-state index in [0.717, 1.165) is 5.56 Å². The molecule has 1 aliphatic heterocycles. The molecular formula is C14H14ClNOS. The van der Waals surface area contributed by atoms with Gasteiger partial charge in [0.25, 0.3) is 0 Å². The van der Waals surface area contributed by atoms with Gasteiger partial charge in [0.05, 0.1) is 12.0 Å². The molecule has 2 heterocycles. The van der Waals surface area contributed by atoms with Gasteiger partial charge in [-0.15, -0.1) is 11.3 Å². The monoisotopic (exact) mass is 283 g/mol. The molecule has 0 saturated carbocycles. The number of fused-ring (bicyclic) bond motifs is 1. The number of benzene rings is 1. The van der Waals surface area contributed by atoms with Crippen molar-refractivity contribution >= 4 is 22.9 Å². The Morgan fingerprint density at radius 1 is 1.44 bits per heavy atom. The summed E-state index contributed by atoms with van der Waals surface area (Å²) in [4.78, 5) is 1.23. The van der Waals surface area contributed by atoms with E-state index in [1.54, 1.807) is 11.3 Å². The maximum absolute atomic E-state index is 13.0. The second kappa shape index (κ2) is 4.67. The summed E-state index contributed by atoms with van der Waals surface area (Å²) in [6.07, 6.45) is 0.694. The normalized spacial score (nSPS) is 25.9. The Kier molecular flexibility index (Phi) is 2.16. The van der Waals surface area contributed by atoms with Crippen LogP contribution in [0.25, 0.3) is 0 Å². The molecule has 0 bridgehead atoms. The zero-order valence-corrected chi connectivity index (χ0v) is 11.2. The summed E-state index contributed by atoms with van der Waals surface area (Å²) in [6, 6.07) is 0.749. The summed E-state index contributed by atoms with van der Waals surface area (Å²) in [7, 11) is 0. The molecule has 4 heteroatoms. The van der Waals surface area contributed by atoms with Crippen molar-refractivity contribution in [2.24, 2.45) is 0 Å². The van der Waals surface area contributed by atoms with Gasteiger partial charge in [0.2, 0.25) is 0 Å². The predicted molar refractivity (Wildman–Crippen MR) is 75.4 cm³/mol. The van der Waals surface area contributed by atoms with E-state index in [0.29, 0.717) is 19.5 Å². The number of quaternary nitrogens is 1. The minimum atomic E-state index is -0.536. The number of hydrogen-bond donors (Lipinski definition) is 0. The maximum Gasteiger partial charge on any atom is 0.106 e. The minimum Gasteiger partial charge on any atom is -0.632 e. The van der Waals surface area contributed by atoms with Crippen molar-refractivity contribution in [2.45, 2.75) is 19.5 Å². The molecule has 0 radical (unpaired) electrons. The molecule has 1 aliphatic rings. The van der Waals surface area contributed by atoms with Crippen LogP contribution in [0.3, 0.4) is 0 Å². The quantitative estimate of drug-likeness (QED) is 0.604. The van der Waals surface area contributed by atoms with E-state index in [1.165, 1.54) is 4.88 Å². The van der Waals surface area contributed by atoms with Crippen LogP contribution in [-0.4, -0.2) is 11.2 Å².